The minimum absolute atomic E-state index is 0.195. The van der Waals surface area contributed by atoms with Crippen LogP contribution in [0.4, 0.5) is 4.79 Å². The third kappa shape index (κ3) is 12.6. The van der Waals surface area contributed by atoms with Gasteiger partial charge in [0.25, 0.3) is 0 Å². The molecule has 0 aliphatic rings. The summed E-state index contributed by atoms with van der Waals surface area (Å²) in [5.41, 5.74) is 1.19. The van der Waals surface area contributed by atoms with Gasteiger partial charge in [0, 0.05) is 13.1 Å². The first kappa shape index (κ1) is 30.5. The van der Waals surface area contributed by atoms with Gasteiger partial charge in [0.15, 0.2) is 0 Å². The van der Waals surface area contributed by atoms with Gasteiger partial charge in [0.1, 0.15) is 18.2 Å². The number of carbonyl (C=O) groups excluding carboxylic acids is 3. The molecular formula is C28H47N3O4. The molecule has 7 nitrogen and oxygen atoms in total. The summed E-state index contributed by atoms with van der Waals surface area (Å²) in [6.45, 7) is 12.3. The number of amides is 3. The number of carbonyl (C=O) groups is 3. The van der Waals surface area contributed by atoms with Crippen LogP contribution in [0.5, 0.6) is 0 Å². The molecular weight excluding hydrogens is 442 g/mol. The van der Waals surface area contributed by atoms with Crippen LogP contribution in [-0.2, 0) is 14.3 Å². The number of hydrogen-bond acceptors (Lipinski definition) is 4. The standard InChI is InChI=1S/C28H47N3O4/c1-7-9-11-12-13-14-20-31(24(32)21-30-27(34)35-28(4,5)6)25(26(33)29-19-10-8-2)23-17-15-22(3)16-18-23/h15-18,25H,7-14,19-21H2,1-6H3,(H,29,33)(H,30,34). The Morgan fingerprint density at radius 3 is 2.09 bits per heavy atom. The Morgan fingerprint density at radius 1 is 0.886 bits per heavy atom. The van der Waals surface area contributed by atoms with Crippen LogP contribution >= 0.6 is 0 Å². The molecule has 0 fully saturated rings. The van der Waals surface area contributed by atoms with E-state index in [1.54, 1.807) is 25.7 Å². The fourth-order valence-electron chi connectivity index (χ4n) is 3.73. The molecule has 0 saturated heterocycles. The molecule has 198 valence electrons. The SMILES string of the molecule is CCCCCCCCN(C(=O)CNC(=O)OC(C)(C)C)C(C(=O)NCCCC)c1ccc(C)cc1. The lowest BCUT2D eigenvalue weighted by Crippen LogP contribution is -2.48. The Hall–Kier alpha value is -2.57. The number of nitrogens with zero attached hydrogens (tertiary/aromatic N) is 1. The summed E-state index contributed by atoms with van der Waals surface area (Å²) in [7, 11) is 0. The molecule has 0 bridgehead atoms. The van der Waals surface area contributed by atoms with Crippen molar-refractivity contribution in [2.75, 3.05) is 19.6 Å². The normalized spacial score (nSPS) is 12.1. The van der Waals surface area contributed by atoms with E-state index in [1.807, 2.05) is 31.2 Å². The van der Waals surface area contributed by atoms with Crippen molar-refractivity contribution in [1.82, 2.24) is 15.5 Å². The average molecular weight is 490 g/mol. The second kappa shape index (κ2) is 16.2. The van der Waals surface area contributed by atoms with Crippen LogP contribution in [0.3, 0.4) is 0 Å². The van der Waals surface area contributed by atoms with Gasteiger partial charge in [-0.2, -0.15) is 0 Å². The number of ether oxygens (including phenoxy) is 1. The fourth-order valence-corrected chi connectivity index (χ4v) is 3.73. The first-order chi connectivity index (χ1) is 16.6. The summed E-state index contributed by atoms with van der Waals surface area (Å²) in [5.74, 6) is -0.500. The van der Waals surface area contributed by atoms with E-state index in [1.165, 1.54) is 19.3 Å². The topological polar surface area (TPSA) is 87.7 Å². The molecule has 1 unspecified atom stereocenters. The third-order valence-electron chi connectivity index (χ3n) is 5.64. The van der Waals surface area contributed by atoms with Crippen LogP contribution in [0.2, 0.25) is 0 Å². The van der Waals surface area contributed by atoms with Gasteiger partial charge in [-0.3, -0.25) is 9.59 Å². The Bertz CT molecular complexity index is 771. The summed E-state index contributed by atoms with van der Waals surface area (Å²) < 4.78 is 5.28. The zero-order valence-corrected chi connectivity index (χ0v) is 22.7. The Labute approximate surface area is 212 Å². The van der Waals surface area contributed by atoms with Crippen molar-refractivity contribution in [1.29, 1.82) is 0 Å². The zero-order valence-electron chi connectivity index (χ0n) is 22.7. The second-order valence-electron chi connectivity index (χ2n) is 10.2. The second-order valence-corrected chi connectivity index (χ2v) is 10.2. The average Bonchev–Trinajstić information content (AvgIpc) is 2.79. The predicted octanol–water partition coefficient (Wildman–Crippen LogP) is 5.67. The maximum atomic E-state index is 13.4. The van der Waals surface area contributed by atoms with Gasteiger partial charge in [-0.1, -0.05) is 82.2 Å². The molecule has 3 amide bonds. The first-order valence-electron chi connectivity index (χ1n) is 13.2. The molecule has 7 heteroatoms. The van der Waals surface area contributed by atoms with Crippen LogP contribution in [0.1, 0.15) is 103 Å². The molecule has 1 atom stereocenters. The lowest BCUT2D eigenvalue weighted by atomic mass is 10.0. The van der Waals surface area contributed by atoms with Crippen LogP contribution in [-0.4, -0.2) is 48.0 Å². The molecule has 0 heterocycles. The van der Waals surface area contributed by atoms with Crippen molar-refractivity contribution >= 4 is 17.9 Å². The zero-order chi connectivity index (χ0) is 26.3. The van der Waals surface area contributed by atoms with Crippen LogP contribution in [0, 0.1) is 6.92 Å². The number of benzene rings is 1. The van der Waals surface area contributed by atoms with E-state index in [0.717, 1.165) is 43.2 Å². The van der Waals surface area contributed by atoms with Crippen molar-refractivity contribution < 1.29 is 19.1 Å². The van der Waals surface area contributed by atoms with Gasteiger partial charge in [0.05, 0.1) is 0 Å². The van der Waals surface area contributed by atoms with E-state index in [4.69, 9.17) is 4.74 Å². The predicted molar refractivity (Wildman–Crippen MR) is 141 cm³/mol. The first-order valence-corrected chi connectivity index (χ1v) is 13.2. The number of unbranched alkanes of at least 4 members (excludes halogenated alkanes) is 6. The molecule has 2 N–H and O–H groups in total. The van der Waals surface area contributed by atoms with E-state index in [0.29, 0.717) is 13.1 Å². The molecule has 0 aliphatic carbocycles. The maximum Gasteiger partial charge on any atom is 0.408 e. The number of nitrogens with one attached hydrogen (secondary N) is 2. The van der Waals surface area contributed by atoms with E-state index >= 15 is 0 Å². The third-order valence-corrected chi connectivity index (χ3v) is 5.64. The van der Waals surface area contributed by atoms with Crippen LogP contribution in [0.25, 0.3) is 0 Å². The molecule has 0 spiro atoms. The molecule has 1 aromatic carbocycles. The van der Waals surface area contributed by atoms with Gasteiger partial charge in [-0.15, -0.1) is 0 Å². The van der Waals surface area contributed by atoms with Gasteiger partial charge >= 0.3 is 6.09 Å². The number of rotatable bonds is 15. The Kier molecular flexibility index (Phi) is 14.1. The van der Waals surface area contributed by atoms with E-state index < -0.39 is 17.7 Å². The minimum atomic E-state index is -0.754. The van der Waals surface area contributed by atoms with Gasteiger partial charge in [-0.25, -0.2) is 4.79 Å². The Morgan fingerprint density at radius 2 is 1.49 bits per heavy atom. The van der Waals surface area contributed by atoms with E-state index in [2.05, 4.69) is 24.5 Å². The molecule has 1 rings (SSSR count). The highest BCUT2D eigenvalue weighted by Gasteiger charge is 2.31. The Balaban J connectivity index is 3.08. The lowest BCUT2D eigenvalue weighted by molar-refractivity contribution is -0.140. The lowest BCUT2D eigenvalue weighted by Gasteiger charge is -2.32. The largest absolute Gasteiger partial charge is 0.444 e. The number of aryl methyl sites for hydroxylation is 1. The monoisotopic (exact) mass is 489 g/mol. The quantitative estimate of drug-likeness (QED) is 0.311. The molecule has 0 aromatic heterocycles. The highest BCUT2D eigenvalue weighted by molar-refractivity contribution is 5.90. The van der Waals surface area contributed by atoms with Crippen molar-refractivity contribution in [2.45, 2.75) is 105 Å². The van der Waals surface area contributed by atoms with E-state index in [9.17, 15) is 14.4 Å². The van der Waals surface area contributed by atoms with Crippen molar-refractivity contribution in [3.63, 3.8) is 0 Å². The highest BCUT2D eigenvalue weighted by atomic mass is 16.6. The summed E-state index contributed by atoms with van der Waals surface area (Å²) in [4.78, 5) is 40.5. The van der Waals surface area contributed by atoms with Crippen LogP contribution in [0.15, 0.2) is 24.3 Å². The fraction of sp³-hybridized carbons (Fsp3) is 0.679. The number of hydrogen-bond donors (Lipinski definition) is 2. The van der Waals surface area contributed by atoms with E-state index in [-0.39, 0.29) is 18.4 Å². The minimum Gasteiger partial charge on any atom is -0.444 e. The van der Waals surface area contributed by atoms with Gasteiger partial charge < -0.3 is 20.3 Å². The number of alkyl carbamates (subject to hydrolysis) is 1. The molecule has 0 saturated carbocycles. The summed E-state index contributed by atoms with van der Waals surface area (Å²) in [6.07, 6.45) is 7.63. The van der Waals surface area contributed by atoms with Gasteiger partial charge in [0.2, 0.25) is 11.8 Å². The summed E-state index contributed by atoms with van der Waals surface area (Å²) in [5, 5.41) is 5.56. The van der Waals surface area contributed by atoms with Crippen molar-refractivity contribution in [3.05, 3.63) is 35.4 Å². The highest BCUT2D eigenvalue weighted by Crippen LogP contribution is 2.23. The van der Waals surface area contributed by atoms with Crippen molar-refractivity contribution in [2.24, 2.45) is 0 Å². The van der Waals surface area contributed by atoms with Crippen molar-refractivity contribution in [3.8, 4) is 0 Å². The summed E-state index contributed by atoms with van der Waals surface area (Å²) >= 11 is 0. The van der Waals surface area contributed by atoms with Gasteiger partial charge in [-0.05, 0) is 46.1 Å². The summed E-state index contributed by atoms with van der Waals surface area (Å²) in [6, 6.07) is 6.96. The molecule has 35 heavy (non-hydrogen) atoms. The van der Waals surface area contributed by atoms with Crippen LogP contribution < -0.4 is 10.6 Å². The molecule has 1 aromatic rings. The smallest absolute Gasteiger partial charge is 0.408 e. The maximum absolute atomic E-state index is 13.4. The molecule has 0 radical (unpaired) electrons. The molecule has 0 aliphatic heterocycles.